The third-order valence-corrected chi connectivity index (χ3v) is 4.97. The molecule has 2 atom stereocenters. The predicted molar refractivity (Wildman–Crippen MR) is 83.6 cm³/mol. The molecule has 3 rings (SSSR count). The first-order valence-electron chi connectivity index (χ1n) is 8.35. The molecule has 126 valence electrons. The highest BCUT2D eigenvalue weighted by atomic mass is 16.5. The quantitative estimate of drug-likeness (QED) is 0.888. The van der Waals surface area contributed by atoms with Crippen molar-refractivity contribution < 1.29 is 14.3 Å². The summed E-state index contributed by atoms with van der Waals surface area (Å²) in [7, 11) is 0. The van der Waals surface area contributed by atoms with Gasteiger partial charge in [-0.2, -0.15) is 0 Å². The van der Waals surface area contributed by atoms with Crippen LogP contribution in [0.5, 0.6) is 0 Å². The van der Waals surface area contributed by atoms with Gasteiger partial charge in [-0.1, -0.05) is 0 Å². The van der Waals surface area contributed by atoms with Crippen LogP contribution in [0.4, 0.5) is 0 Å². The highest BCUT2D eigenvalue weighted by molar-refractivity contribution is 5.90. The molecule has 2 saturated heterocycles. The molecule has 0 aromatic carbocycles. The molecule has 0 radical (unpaired) electrons. The Bertz CT molecular complexity index is 578. The summed E-state index contributed by atoms with van der Waals surface area (Å²) < 4.78 is 7.64. The van der Waals surface area contributed by atoms with E-state index in [0.717, 1.165) is 25.8 Å². The number of imidazole rings is 1. The van der Waals surface area contributed by atoms with Gasteiger partial charge in [0.25, 0.3) is 5.91 Å². The van der Waals surface area contributed by atoms with Crippen LogP contribution in [0, 0.1) is 5.92 Å². The highest BCUT2D eigenvalue weighted by Gasteiger charge is 2.36. The Hall–Kier alpha value is -1.89. The average molecular weight is 320 g/mol. The number of amides is 2. The monoisotopic (exact) mass is 320 g/mol. The topological polar surface area (TPSA) is 90.5 Å². The van der Waals surface area contributed by atoms with Crippen molar-refractivity contribution in [2.24, 2.45) is 11.7 Å². The Morgan fingerprint density at radius 1 is 1.30 bits per heavy atom. The summed E-state index contributed by atoms with van der Waals surface area (Å²) in [5.74, 6) is 0.537. The molecule has 1 aromatic heterocycles. The molecule has 0 aliphatic carbocycles. The van der Waals surface area contributed by atoms with E-state index < -0.39 is 6.10 Å². The Kier molecular flexibility index (Phi) is 4.66. The number of aromatic nitrogens is 2. The second-order valence-electron chi connectivity index (χ2n) is 6.31. The Morgan fingerprint density at radius 3 is 2.65 bits per heavy atom. The number of likely N-dealkylation sites (tertiary alicyclic amines) is 1. The normalized spacial score (nSPS) is 25.7. The van der Waals surface area contributed by atoms with Gasteiger partial charge in [-0.3, -0.25) is 9.59 Å². The third-order valence-electron chi connectivity index (χ3n) is 4.97. The van der Waals surface area contributed by atoms with E-state index >= 15 is 0 Å². The molecule has 2 N–H and O–H groups in total. The predicted octanol–water partition coefficient (Wildman–Crippen LogP) is 0.788. The number of rotatable bonds is 4. The molecule has 0 unspecified atom stereocenters. The van der Waals surface area contributed by atoms with E-state index in [0.29, 0.717) is 31.3 Å². The van der Waals surface area contributed by atoms with Crippen molar-refractivity contribution in [2.45, 2.75) is 51.4 Å². The van der Waals surface area contributed by atoms with E-state index in [1.165, 1.54) is 0 Å². The minimum atomic E-state index is -0.434. The van der Waals surface area contributed by atoms with E-state index in [1.807, 2.05) is 22.6 Å². The number of carbonyl (C=O) groups is 2. The molecule has 7 nitrogen and oxygen atoms in total. The maximum Gasteiger partial charge on any atom is 0.289 e. The van der Waals surface area contributed by atoms with Crippen LogP contribution in [0.3, 0.4) is 0 Å². The maximum atomic E-state index is 12.6. The summed E-state index contributed by atoms with van der Waals surface area (Å²) in [6.07, 6.45) is 6.55. The molecule has 1 aromatic rings. The van der Waals surface area contributed by atoms with Crippen LogP contribution in [-0.2, 0) is 16.1 Å². The first kappa shape index (κ1) is 16.0. The van der Waals surface area contributed by atoms with Gasteiger partial charge in [-0.05, 0) is 38.5 Å². The van der Waals surface area contributed by atoms with Crippen molar-refractivity contribution in [2.75, 3.05) is 13.1 Å². The molecule has 0 saturated carbocycles. The molecule has 0 spiro atoms. The third kappa shape index (κ3) is 3.24. The van der Waals surface area contributed by atoms with Gasteiger partial charge >= 0.3 is 0 Å². The lowest BCUT2D eigenvalue weighted by Crippen LogP contribution is -2.42. The van der Waals surface area contributed by atoms with Crippen molar-refractivity contribution in [1.29, 1.82) is 0 Å². The van der Waals surface area contributed by atoms with Gasteiger partial charge in [-0.15, -0.1) is 0 Å². The number of nitrogens with two attached hydrogens (primary N) is 1. The second-order valence-corrected chi connectivity index (χ2v) is 6.31. The second kappa shape index (κ2) is 6.70. The van der Waals surface area contributed by atoms with Crippen LogP contribution in [0.15, 0.2) is 12.4 Å². The fraction of sp³-hybridized carbons (Fsp3) is 0.688. The first-order valence-corrected chi connectivity index (χ1v) is 8.35. The van der Waals surface area contributed by atoms with Gasteiger partial charge in [0.1, 0.15) is 6.10 Å². The van der Waals surface area contributed by atoms with Gasteiger partial charge in [0.2, 0.25) is 5.91 Å². The summed E-state index contributed by atoms with van der Waals surface area (Å²) in [5.41, 5.74) is 5.31. The molecule has 2 aliphatic rings. The van der Waals surface area contributed by atoms with Crippen molar-refractivity contribution in [3.05, 3.63) is 18.2 Å². The molecule has 2 aliphatic heterocycles. The maximum absolute atomic E-state index is 12.6. The Morgan fingerprint density at radius 2 is 2.04 bits per heavy atom. The number of piperidine rings is 1. The van der Waals surface area contributed by atoms with Gasteiger partial charge in [0.05, 0.1) is 6.10 Å². The van der Waals surface area contributed by atoms with Crippen LogP contribution in [-0.4, -0.2) is 51.6 Å². The van der Waals surface area contributed by atoms with E-state index in [1.54, 1.807) is 6.20 Å². The number of aryl methyl sites for hydroxylation is 1. The molecule has 3 heterocycles. The fourth-order valence-electron chi connectivity index (χ4n) is 3.60. The van der Waals surface area contributed by atoms with Crippen molar-refractivity contribution in [1.82, 2.24) is 14.5 Å². The van der Waals surface area contributed by atoms with Crippen molar-refractivity contribution in [3.63, 3.8) is 0 Å². The zero-order chi connectivity index (χ0) is 16.4. The first-order chi connectivity index (χ1) is 11.1. The SMILES string of the molecule is CCn1ccnc1C(=O)N1CCC([C@@H]2CC[C@H](C(N)=O)O2)CC1. The number of ether oxygens (including phenoxy) is 1. The van der Waals surface area contributed by atoms with Gasteiger partial charge in [0, 0.05) is 32.0 Å². The lowest BCUT2D eigenvalue weighted by Gasteiger charge is -2.34. The number of nitrogens with zero attached hydrogens (tertiary/aromatic N) is 3. The molecular formula is C16H24N4O3. The summed E-state index contributed by atoms with van der Waals surface area (Å²) in [6.45, 7) is 4.15. The number of primary amides is 1. The Labute approximate surface area is 135 Å². The molecule has 2 fully saturated rings. The lowest BCUT2D eigenvalue weighted by molar-refractivity contribution is -0.130. The molecule has 7 heteroatoms. The number of hydrogen-bond acceptors (Lipinski definition) is 4. The van der Waals surface area contributed by atoms with Gasteiger partial charge in [0.15, 0.2) is 5.82 Å². The highest BCUT2D eigenvalue weighted by Crippen LogP contribution is 2.32. The number of hydrogen-bond donors (Lipinski definition) is 1. The van der Waals surface area contributed by atoms with E-state index in [9.17, 15) is 9.59 Å². The van der Waals surface area contributed by atoms with Crippen LogP contribution in [0.2, 0.25) is 0 Å². The lowest BCUT2D eigenvalue weighted by atomic mass is 9.89. The molecule has 2 amide bonds. The van der Waals surface area contributed by atoms with Crippen LogP contribution < -0.4 is 5.73 Å². The van der Waals surface area contributed by atoms with Crippen molar-refractivity contribution in [3.8, 4) is 0 Å². The zero-order valence-electron chi connectivity index (χ0n) is 13.5. The number of carbonyl (C=O) groups excluding carboxylic acids is 2. The molecule has 23 heavy (non-hydrogen) atoms. The van der Waals surface area contributed by atoms with Gasteiger partial charge in [-0.25, -0.2) is 4.98 Å². The minimum Gasteiger partial charge on any atom is -0.367 e. The van der Waals surface area contributed by atoms with Crippen LogP contribution in [0.25, 0.3) is 0 Å². The fourth-order valence-corrected chi connectivity index (χ4v) is 3.60. The van der Waals surface area contributed by atoms with E-state index in [4.69, 9.17) is 10.5 Å². The summed E-state index contributed by atoms with van der Waals surface area (Å²) in [5, 5.41) is 0. The standard InChI is InChI=1S/C16H24N4O3/c1-2-19-10-7-18-15(19)16(22)20-8-5-11(6-9-20)12-3-4-13(23-12)14(17)21/h7,10-13H,2-6,8-9H2,1H3,(H2,17,21)/t12-,13+/m0/s1. The van der Waals surface area contributed by atoms with Crippen molar-refractivity contribution >= 4 is 11.8 Å². The zero-order valence-corrected chi connectivity index (χ0v) is 13.5. The van der Waals surface area contributed by atoms with E-state index in [-0.39, 0.29) is 17.9 Å². The summed E-state index contributed by atoms with van der Waals surface area (Å²) in [6, 6.07) is 0. The average Bonchev–Trinajstić information content (AvgIpc) is 3.23. The summed E-state index contributed by atoms with van der Waals surface area (Å²) >= 11 is 0. The van der Waals surface area contributed by atoms with Crippen LogP contribution >= 0.6 is 0 Å². The van der Waals surface area contributed by atoms with Gasteiger partial charge < -0.3 is 19.9 Å². The minimum absolute atomic E-state index is 0.00217. The smallest absolute Gasteiger partial charge is 0.289 e. The largest absolute Gasteiger partial charge is 0.367 e. The molecular weight excluding hydrogens is 296 g/mol. The van der Waals surface area contributed by atoms with Crippen LogP contribution in [0.1, 0.15) is 43.2 Å². The Balaban J connectivity index is 1.55. The van der Waals surface area contributed by atoms with E-state index in [2.05, 4.69) is 4.98 Å². The summed E-state index contributed by atoms with van der Waals surface area (Å²) in [4.78, 5) is 29.8. The molecule has 0 bridgehead atoms.